The minimum absolute atomic E-state index is 0.144. The second-order valence-electron chi connectivity index (χ2n) is 8.80. The number of halogens is 2. The van der Waals surface area contributed by atoms with Crippen LogP contribution in [-0.2, 0) is 16.4 Å². The average molecular weight is 530 g/mol. The van der Waals surface area contributed by atoms with Crippen molar-refractivity contribution in [1.82, 2.24) is 9.21 Å². The van der Waals surface area contributed by atoms with E-state index in [2.05, 4.69) is 0 Å². The van der Waals surface area contributed by atoms with Gasteiger partial charge in [-0.2, -0.15) is 0 Å². The van der Waals surface area contributed by atoms with Gasteiger partial charge in [-0.15, -0.1) is 0 Å². The van der Waals surface area contributed by atoms with Crippen LogP contribution in [-0.4, -0.2) is 70.4 Å². The number of amides is 1. The average Bonchev–Trinajstić information content (AvgIpc) is 2.91. The summed E-state index contributed by atoms with van der Waals surface area (Å²) in [5.74, 6) is -1.65. The standard InChI is InChI=1S/C27H29F2N3O4S/c1-30(13-12-20-6-4-3-5-7-20)37(34,35)22-9-11-26(36-2)25(19-22)31-14-16-32(17-15-31)27(33)23-10-8-21(28)18-24(23)29/h3-11,18-19H,12-17H2,1-2H3. The van der Waals surface area contributed by atoms with Crippen LogP contribution in [0.15, 0.2) is 71.6 Å². The summed E-state index contributed by atoms with van der Waals surface area (Å²) in [7, 11) is -0.683. The van der Waals surface area contributed by atoms with Crippen molar-refractivity contribution in [1.29, 1.82) is 0 Å². The summed E-state index contributed by atoms with van der Waals surface area (Å²) in [6.07, 6.45) is 0.588. The highest BCUT2D eigenvalue weighted by molar-refractivity contribution is 7.89. The van der Waals surface area contributed by atoms with Gasteiger partial charge < -0.3 is 14.5 Å². The minimum atomic E-state index is -3.75. The smallest absolute Gasteiger partial charge is 0.256 e. The zero-order valence-corrected chi connectivity index (χ0v) is 21.5. The molecular formula is C27H29F2N3O4S. The quantitative estimate of drug-likeness (QED) is 0.444. The van der Waals surface area contributed by atoms with E-state index in [-0.39, 0.29) is 23.5 Å². The molecule has 1 fully saturated rings. The highest BCUT2D eigenvalue weighted by Gasteiger charge is 2.28. The molecule has 1 heterocycles. The zero-order chi connectivity index (χ0) is 26.6. The van der Waals surface area contributed by atoms with E-state index in [0.29, 0.717) is 43.6 Å². The molecule has 37 heavy (non-hydrogen) atoms. The third-order valence-corrected chi connectivity index (χ3v) is 8.34. The Labute approximate surface area is 215 Å². The molecule has 196 valence electrons. The first-order valence-electron chi connectivity index (χ1n) is 11.9. The van der Waals surface area contributed by atoms with Crippen LogP contribution < -0.4 is 9.64 Å². The maximum atomic E-state index is 14.1. The van der Waals surface area contributed by atoms with Crippen LogP contribution in [0.25, 0.3) is 0 Å². The lowest BCUT2D eigenvalue weighted by molar-refractivity contribution is 0.0742. The Hall–Kier alpha value is -3.50. The van der Waals surface area contributed by atoms with Crippen LogP contribution in [0.3, 0.4) is 0 Å². The molecule has 1 saturated heterocycles. The molecule has 1 aliphatic heterocycles. The molecule has 0 saturated carbocycles. The fraction of sp³-hybridized carbons (Fsp3) is 0.296. The van der Waals surface area contributed by atoms with Crippen LogP contribution >= 0.6 is 0 Å². The number of hydrogen-bond acceptors (Lipinski definition) is 5. The summed E-state index contributed by atoms with van der Waals surface area (Å²) < 4.78 is 60.7. The van der Waals surface area contributed by atoms with Crippen molar-refractivity contribution < 1.29 is 26.7 Å². The lowest BCUT2D eigenvalue weighted by Crippen LogP contribution is -2.49. The summed E-state index contributed by atoms with van der Waals surface area (Å²) in [6, 6.07) is 17.3. The van der Waals surface area contributed by atoms with Crippen LogP contribution in [0.1, 0.15) is 15.9 Å². The Balaban J connectivity index is 1.47. The number of likely N-dealkylation sites (N-methyl/N-ethyl adjacent to an activating group) is 1. The number of carbonyl (C=O) groups excluding carboxylic acids is 1. The largest absolute Gasteiger partial charge is 0.495 e. The first-order valence-corrected chi connectivity index (χ1v) is 13.3. The van der Waals surface area contributed by atoms with E-state index in [1.807, 2.05) is 35.2 Å². The summed E-state index contributed by atoms with van der Waals surface area (Å²) in [6.45, 7) is 1.67. The van der Waals surface area contributed by atoms with Crippen LogP contribution in [0.4, 0.5) is 14.5 Å². The molecule has 0 bridgehead atoms. The van der Waals surface area contributed by atoms with Gasteiger partial charge in [0.1, 0.15) is 17.4 Å². The highest BCUT2D eigenvalue weighted by atomic mass is 32.2. The van der Waals surface area contributed by atoms with E-state index in [0.717, 1.165) is 17.7 Å². The van der Waals surface area contributed by atoms with Crippen LogP contribution in [0.5, 0.6) is 5.75 Å². The predicted molar refractivity (Wildman–Crippen MR) is 137 cm³/mol. The fourth-order valence-corrected chi connectivity index (χ4v) is 5.48. The summed E-state index contributed by atoms with van der Waals surface area (Å²) in [5, 5.41) is 0. The molecule has 7 nitrogen and oxygen atoms in total. The second kappa shape index (κ2) is 11.3. The van der Waals surface area contributed by atoms with Gasteiger partial charge in [0.2, 0.25) is 10.0 Å². The summed E-state index contributed by atoms with van der Waals surface area (Å²) >= 11 is 0. The molecule has 1 aliphatic rings. The molecule has 1 amide bonds. The highest BCUT2D eigenvalue weighted by Crippen LogP contribution is 2.33. The van der Waals surface area contributed by atoms with E-state index < -0.39 is 27.6 Å². The number of methoxy groups -OCH3 is 1. The molecule has 0 atom stereocenters. The van der Waals surface area contributed by atoms with Crippen molar-refractivity contribution in [3.63, 3.8) is 0 Å². The molecule has 3 aromatic carbocycles. The van der Waals surface area contributed by atoms with Crippen molar-refractivity contribution in [2.45, 2.75) is 11.3 Å². The number of hydrogen-bond donors (Lipinski definition) is 0. The van der Waals surface area contributed by atoms with Gasteiger partial charge in [0.05, 0.1) is 23.3 Å². The van der Waals surface area contributed by atoms with Gasteiger partial charge in [-0.1, -0.05) is 30.3 Å². The Morgan fingerprint density at radius 1 is 0.973 bits per heavy atom. The molecule has 0 spiro atoms. The van der Waals surface area contributed by atoms with Crippen LogP contribution in [0.2, 0.25) is 0 Å². The Bertz CT molecular complexity index is 1360. The molecule has 0 unspecified atom stereocenters. The Morgan fingerprint density at radius 3 is 2.32 bits per heavy atom. The minimum Gasteiger partial charge on any atom is -0.495 e. The van der Waals surface area contributed by atoms with E-state index >= 15 is 0 Å². The topological polar surface area (TPSA) is 70.2 Å². The van der Waals surface area contributed by atoms with Gasteiger partial charge in [0, 0.05) is 45.8 Å². The SMILES string of the molecule is COc1ccc(S(=O)(=O)N(C)CCc2ccccc2)cc1N1CCN(C(=O)c2ccc(F)cc2F)CC1. The van der Waals surface area contributed by atoms with Gasteiger partial charge in [-0.3, -0.25) is 4.79 Å². The second-order valence-corrected chi connectivity index (χ2v) is 10.8. The number of carbonyl (C=O) groups is 1. The molecule has 10 heteroatoms. The maximum Gasteiger partial charge on any atom is 0.256 e. The molecule has 3 aromatic rings. The number of nitrogens with zero attached hydrogens (tertiary/aromatic N) is 3. The number of piperazine rings is 1. The van der Waals surface area contributed by atoms with Crippen molar-refractivity contribution in [2.75, 3.05) is 51.8 Å². The Morgan fingerprint density at radius 2 is 1.68 bits per heavy atom. The fourth-order valence-electron chi connectivity index (χ4n) is 4.29. The number of benzene rings is 3. The molecule has 0 radical (unpaired) electrons. The van der Waals surface area contributed by atoms with Gasteiger partial charge in [0.25, 0.3) is 5.91 Å². The third kappa shape index (κ3) is 5.91. The predicted octanol–water partition coefficient (Wildman–Crippen LogP) is 3.80. The lowest BCUT2D eigenvalue weighted by Gasteiger charge is -2.37. The normalized spacial score (nSPS) is 14.2. The van der Waals surface area contributed by atoms with Gasteiger partial charge in [-0.25, -0.2) is 21.5 Å². The number of sulfonamides is 1. The first-order chi connectivity index (χ1) is 17.7. The Kier molecular flexibility index (Phi) is 8.09. The van der Waals surface area contributed by atoms with Gasteiger partial charge in [0.15, 0.2) is 0 Å². The zero-order valence-electron chi connectivity index (χ0n) is 20.7. The van der Waals surface area contributed by atoms with Crippen molar-refractivity contribution in [3.8, 4) is 5.75 Å². The van der Waals surface area contributed by atoms with Gasteiger partial charge >= 0.3 is 0 Å². The number of anilines is 1. The number of ether oxygens (including phenoxy) is 1. The summed E-state index contributed by atoms with van der Waals surface area (Å²) in [4.78, 5) is 16.3. The molecular weight excluding hydrogens is 500 g/mol. The maximum absolute atomic E-state index is 14.1. The number of rotatable bonds is 8. The molecule has 0 aliphatic carbocycles. The monoisotopic (exact) mass is 529 g/mol. The van der Waals surface area contributed by atoms with E-state index in [1.54, 1.807) is 19.2 Å². The van der Waals surface area contributed by atoms with Crippen molar-refractivity contribution >= 4 is 21.6 Å². The molecule has 4 rings (SSSR count). The van der Waals surface area contributed by atoms with E-state index in [4.69, 9.17) is 4.74 Å². The van der Waals surface area contributed by atoms with Crippen LogP contribution in [0, 0.1) is 11.6 Å². The molecule has 0 N–H and O–H groups in total. The summed E-state index contributed by atoms with van der Waals surface area (Å²) in [5.41, 5.74) is 1.46. The van der Waals surface area contributed by atoms with Crippen molar-refractivity contribution in [3.05, 3.63) is 89.5 Å². The van der Waals surface area contributed by atoms with Crippen molar-refractivity contribution in [2.24, 2.45) is 0 Å². The van der Waals surface area contributed by atoms with E-state index in [1.165, 1.54) is 22.4 Å². The third-order valence-electron chi connectivity index (χ3n) is 6.49. The van der Waals surface area contributed by atoms with E-state index in [9.17, 15) is 22.0 Å². The molecule has 0 aromatic heterocycles. The first kappa shape index (κ1) is 26.6. The lowest BCUT2D eigenvalue weighted by atomic mass is 10.1. The van der Waals surface area contributed by atoms with Gasteiger partial charge in [-0.05, 0) is 42.3 Å².